The molecule has 0 bridgehead atoms. The molecule has 0 aliphatic heterocycles. The normalized spacial score (nSPS) is 11.2. The van der Waals surface area contributed by atoms with E-state index in [2.05, 4.69) is 15.0 Å². The van der Waals surface area contributed by atoms with Crippen molar-refractivity contribution in [2.45, 2.75) is 18.7 Å². The second-order valence-corrected chi connectivity index (χ2v) is 7.89. The number of hydrogen-bond donors (Lipinski definition) is 1. The Morgan fingerprint density at radius 1 is 1.17 bits per heavy atom. The van der Waals surface area contributed by atoms with Crippen molar-refractivity contribution in [1.29, 1.82) is 0 Å². The van der Waals surface area contributed by atoms with Gasteiger partial charge in [0.1, 0.15) is 11.5 Å². The van der Waals surface area contributed by atoms with Gasteiger partial charge in [-0.05, 0) is 24.3 Å². The molecular formula is C21H21N5O2S. The predicted molar refractivity (Wildman–Crippen MR) is 115 cm³/mol. The van der Waals surface area contributed by atoms with E-state index in [1.807, 2.05) is 41.1 Å². The zero-order chi connectivity index (χ0) is 20.2. The van der Waals surface area contributed by atoms with E-state index in [-0.39, 0.29) is 18.0 Å². The van der Waals surface area contributed by atoms with Crippen LogP contribution in [0.1, 0.15) is 17.9 Å². The van der Waals surface area contributed by atoms with Gasteiger partial charge in [0.2, 0.25) is 5.91 Å². The third-order valence-corrected chi connectivity index (χ3v) is 5.59. The van der Waals surface area contributed by atoms with Crippen LogP contribution < -0.4 is 5.56 Å². The Hall–Kier alpha value is -3.13. The molecule has 3 heterocycles. The molecular weight excluding hydrogens is 386 g/mol. The Labute approximate surface area is 171 Å². The number of pyridine rings is 1. The van der Waals surface area contributed by atoms with Crippen molar-refractivity contribution in [3.8, 4) is 0 Å². The molecule has 0 aliphatic carbocycles. The molecule has 4 rings (SSSR count). The van der Waals surface area contributed by atoms with Crippen molar-refractivity contribution in [3.63, 3.8) is 0 Å². The van der Waals surface area contributed by atoms with Crippen LogP contribution in [0.15, 0.2) is 59.7 Å². The van der Waals surface area contributed by atoms with E-state index in [1.165, 1.54) is 0 Å². The van der Waals surface area contributed by atoms with Crippen molar-refractivity contribution < 1.29 is 4.79 Å². The van der Waals surface area contributed by atoms with Gasteiger partial charge in [0, 0.05) is 37.4 Å². The van der Waals surface area contributed by atoms with Crippen LogP contribution >= 0.6 is 11.8 Å². The minimum Gasteiger partial charge on any atom is -0.338 e. The van der Waals surface area contributed by atoms with Crippen molar-refractivity contribution in [1.82, 2.24) is 24.3 Å². The monoisotopic (exact) mass is 407 g/mol. The summed E-state index contributed by atoms with van der Waals surface area (Å²) in [7, 11) is 1.73. The molecule has 0 radical (unpaired) electrons. The van der Waals surface area contributed by atoms with Crippen molar-refractivity contribution in [2.75, 3.05) is 12.8 Å². The highest BCUT2D eigenvalue weighted by Gasteiger charge is 2.12. The Kier molecular flexibility index (Phi) is 5.62. The molecule has 0 saturated carbocycles. The molecule has 3 aromatic heterocycles. The lowest BCUT2D eigenvalue weighted by Gasteiger charge is -2.16. The average molecular weight is 407 g/mol. The first-order chi connectivity index (χ1) is 14.1. The first kappa shape index (κ1) is 19.2. The number of carbonyl (C=O) groups excluding carboxylic acids is 1. The van der Waals surface area contributed by atoms with E-state index in [0.717, 1.165) is 17.1 Å². The number of imidazole rings is 1. The number of hydrogen-bond acceptors (Lipinski definition) is 5. The zero-order valence-corrected chi connectivity index (χ0v) is 16.9. The topological polar surface area (TPSA) is 83.4 Å². The van der Waals surface area contributed by atoms with E-state index in [1.54, 1.807) is 41.9 Å². The molecule has 7 nitrogen and oxygen atoms in total. The summed E-state index contributed by atoms with van der Waals surface area (Å²) >= 11 is 1.68. The van der Waals surface area contributed by atoms with Gasteiger partial charge >= 0.3 is 0 Å². The van der Waals surface area contributed by atoms with Crippen molar-refractivity contribution in [2.24, 2.45) is 0 Å². The summed E-state index contributed by atoms with van der Waals surface area (Å²) in [4.78, 5) is 37.9. The lowest BCUT2D eigenvalue weighted by Crippen LogP contribution is -2.28. The number of thioether (sulfide) groups is 1. The largest absolute Gasteiger partial charge is 0.338 e. The Morgan fingerprint density at radius 3 is 2.86 bits per heavy atom. The van der Waals surface area contributed by atoms with Crippen LogP contribution in [0.25, 0.3) is 16.6 Å². The first-order valence-corrected chi connectivity index (χ1v) is 10.5. The number of fused-ring (bicyclic) bond motifs is 2. The first-order valence-electron chi connectivity index (χ1n) is 9.32. The third kappa shape index (κ3) is 4.48. The summed E-state index contributed by atoms with van der Waals surface area (Å²) < 4.78 is 1.99. The van der Waals surface area contributed by atoms with Crippen LogP contribution in [0.2, 0.25) is 0 Å². The predicted octanol–water partition coefficient (Wildman–Crippen LogP) is 2.85. The van der Waals surface area contributed by atoms with Gasteiger partial charge in [0.25, 0.3) is 5.56 Å². The number of nitrogens with zero attached hydrogens (tertiary/aromatic N) is 4. The van der Waals surface area contributed by atoms with Crippen molar-refractivity contribution in [3.05, 3.63) is 76.7 Å². The van der Waals surface area contributed by atoms with Gasteiger partial charge in [0.05, 0.1) is 23.1 Å². The lowest BCUT2D eigenvalue weighted by molar-refractivity contribution is -0.130. The number of nitrogens with one attached hydrogen (secondary N) is 1. The fourth-order valence-electron chi connectivity index (χ4n) is 3.11. The quantitative estimate of drug-likeness (QED) is 0.476. The number of benzene rings is 1. The van der Waals surface area contributed by atoms with Crippen LogP contribution in [0.5, 0.6) is 0 Å². The number of aromatic nitrogens is 4. The smallest absolute Gasteiger partial charge is 0.258 e. The second kappa shape index (κ2) is 8.48. The van der Waals surface area contributed by atoms with Gasteiger partial charge in [-0.2, -0.15) is 11.8 Å². The fourth-order valence-corrected chi connectivity index (χ4v) is 3.92. The maximum atomic E-state index is 12.4. The van der Waals surface area contributed by atoms with E-state index < -0.39 is 0 Å². The Morgan fingerprint density at radius 2 is 2.00 bits per heavy atom. The number of carbonyl (C=O) groups is 1. The number of amides is 1. The van der Waals surface area contributed by atoms with Gasteiger partial charge in [-0.3, -0.25) is 9.59 Å². The minimum absolute atomic E-state index is 0.0170. The fraction of sp³-hybridized carbons (Fsp3) is 0.238. The number of aromatic amines is 1. The molecule has 0 atom stereocenters. The average Bonchev–Trinajstić information content (AvgIpc) is 3.14. The zero-order valence-electron chi connectivity index (χ0n) is 16.0. The lowest BCUT2D eigenvalue weighted by atomic mass is 10.2. The molecule has 1 amide bonds. The van der Waals surface area contributed by atoms with E-state index in [0.29, 0.717) is 28.9 Å². The number of H-pyrrole nitrogens is 1. The third-order valence-electron chi connectivity index (χ3n) is 4.60. The summed E-state index contributed by atoms with van der Waals surface area (Å²) in [6.07, 6.45) is 4.41. The molecule has 4 aromatic rings. The van der Waals surface area contributed by atoms with Crippen LogP contribution in [0, 0.1) is 0 Å². The minimum atomic E-state index is -0.186. The maximum Gasteiger partial charge on any atom is 0.258 e. The second-order valence-electron chi connectivity index (χ2n) is 6.78. The summed E-state index contributed by atoms with van der Waals surface area (Å²) in [5.41, 5.74) is 2.38. The van der Waals surface area contributed by atoms with Gasteiger partial charge in [0.15, 0.2) is 0 Å². The standard InChI is InChI=1S/C21H21N5O2S/c1-25(13-18-23-17-7-3-2-6-16(17)21(28)24-18)20(27)9-11-29-14-15-12-26-10-5-4-8-19(26)22-15/h2-8,10,12H,9,11,13-14H2,1H3,(H,23,24,28). The molecule has 1 aromatic carbocycles. The highest BCUT2D eigenvalue weighted by molar-refractivity contribution is 7.98. The summed E-state index contributed by atoms with van der Waals surface area (Å²) in [5.74, 6) is 1.97. The van der Waals surface area contributed by atoms with Crippen LogP contribution in [-0.4, -0.2) is 43.0 Å². The van der Waals surface area contributed by atoms with Crippen LogP contribution in [-0.2, 0) is 17.1 Å². The van der Waals surface area contributed by atoms with Crippen molar-refractivity contribution >= 4 is 34.2 Å². The van der Waals surface area contributed by atoms with Crippen LogP contribution in [0.3, 0.4) is 0 Å². The molecule has 0 spiro atoms. The Balaban J connectivity index is 1.29. The molecule has 29 heavy (non-hydrogen) atoms. The van der Waals surface area contributed by atoms with E-state index >= 15 is 0 Å². The molecule has 8 heteroatoms. The summed E-state index contributed by atoms with van der Waals surface area (Å²) in [6.45, 7) is 0.274. The molecule has 0 fully saturated rings. The molecule has 0 aliphatic rings. The highest BCUT2D eigenvalue weighted by Crippen LogP contribution is 2.14. The molecule has 0 unspecified atom stereocenters. The summed E-state index contributed by atoms with van der Waals surface area (Å²) in [5, 5.41) is 0.550. The SMILES string of the molecule is CN(Cc1nc2ccccc2c(=O)[nH]1)C(=O)CCSCc1cn2ccccc2n1. The Bertz CT molecular complexity index is 1180. The number of para-hydroxylation sites is 1. The van der Waals surface area contributed by atoms with Gasteiger partial charge in [-0.25, -0.2) is 9.97 Å². The van der Waals surface area contributed by atoms with Gasteiger partial charge < -0.3 is 14.3 Å². The van der Waals surface area contributed by atoms with E-state index in [4.69, 9.17) is 0 Å². The molecule has 0 saturated heterocycles. The molecule has 1 N–H and O–H groups in total. The van der Waals surface area contributed by atoms with E-state index in [9.17, 15) is 9.59 Å². The maximum absolute atomic E-state index is 12.4. The van der Waals surface area contributed by atoms with Gasteiger partial charge in [-0.1, -0.05) is 18.2 Å². The highest BCUT2D eigenvalue weighted by atomic mass is 32.2. The number of rotatable bonds is 7. The van der Waals surface area contributed by atoms with Crippen LogP contribution in [0.4, 0.5) is 0 Å². The van der Waals surface area contributed by atoms with Gasteiger partial charge in [-0.15, -0.1) is 0 Å². The molecule has 148 valence electrons. The summed E-state index contributed by atoms with van der Waals surface area (Å²) in [6, 6.07) is 13.1.